The minimum Gasteiger partial charge on any atom is -0.872 e. The molecular weight excluding hydrogens is 336 g/mol. The normalized spacial score (nSPS) is 25.2. The van der Waals surface area contributed by atoms with E-state index in [1.807, 2.05) is 6.08 Å². The van der Waals surface area contributed by atoms with Gasteiger partial charge in [0.15, 0.2) is 5.78 Å². The maximum absolute atomic E-state index is 12.7. The zero-order valence-electron chi connectivity index (χ0n) is 14.0. The van der Waals surface area contributed by atoms with Gasteiger partial charge in [0, 0.05) is 47.9 Å². The fourth-order valence-electron chi connectivity index (χ4n) is 4.24. The predicted octanol–water partition coefficient (Wildman–Crippen LogP) is 2.23. The molecule has 2 atom stereocenters. The highest BCUT2D eigenvalue weighted by Gasteiger charge is 2.44. The van der Waals surface area contributed by atoms with Gasteiger partial charge in [-0.3, -0.25) is 19.7 Å². The number of nitro groups is 1. The molecule has 3 aliphatic rings. The van der Waals surface area contributed by atoms with Crippen LogP contribution in [0.5, 0.6) is 5.75 Å². The molecule has 7 nitrogen and oxygen atoms in total. The minimum absolute atomic E-state index is 0.0455. The van der Waals surface area contributed by atoms with Crippen LogP contribution in [0.2, 0.25) is 0 Å². The van der Waals surface area contributed by atoms with Gasteiger partial charge in [0.1, 0.15) is 5.78 Å². The van der Waals surface area contributed by atoms with E-state index >= 15 is 0 Å². The number of nitrogens with zero attached hydrogens (tertiary/aromatic N) is 1. The first kappa shape index (κ1) is 16.5. The van der Waals surface area contributed by atoms with Crippen LogP contribution >= 0.6 is 0 Å². The van der Waals surface area contributed by atoms with Gasteiger partial charge in [0.25, 0.3) is 5.69 Å². The third kappa shape index (κ3) is 2.51. The smallest absolute Gasteiger partial charge is 0.269 e. The predicted molar refractivity (Wildman–Crippen MR) is 90.1 cm³/mol. The van der Waals surface area contributed by atoms with Crippen molar-refractivity contribution in [3.05, 3.63) is 56.9 Å². The van der Waals surface area contributed by atoms with Crippen molar-refractivity contribution < 1.29 is 19.6 Å². The van der Waals surface area contributed by atoms with Crippen LogP contribution in [0.3, 0.4) is 0 Å². The molecule has 1 aromatic carbocycles. The summed E-state index contributed by atoms with van der Waals surface area (Å²) in [5, 5.41) is 27.0. The van der Waals surface area contributed by atoms with Crippen molar-refractivity contribution in [2.45, 2.75) is 38.0 Å². The standard InChI is InChI=1S/C19H18N2O5/c22-14-8-7-10(21(25)26)9-11(14)17-18-12(3-1-5-15(18)23)20-13-4-2-6-16(24)19(13)17/h3,7-9,17-18,20,22H,1-2,4-6H2/p-1. The van der Waals surface area contributed by atoms with E-state index in [1.54, 1.807) is 0 Å². The number of hydrogen-bond acceptors (Lipinski definition) is 6. The largest absolute Gasteiger partial charge is 0.872 e. The van der Waals surface area contributed by atoms with Crippen molar-refractivity contribution in [2.75, 3.05) is 0 Å². The van der Waals surface area contributed by atoms with E-state index in [0.29, 0.717) is 43.4 Å². The fraction of sp³-hybridized carbons (Fsp3) is 0.368. The Labute approximate surface area is 149 Å². The Morgan fingerprint density at radius 2 is 1.92 bits per heavy atom. The van der Waals surface area contributed by atoms with Crippen LogP contribution in [0.15, 0.2) is 41.2 Å². The van der Waals surface area contributed by atoms with Crippen molar-refractivity contribution in [1.29, 1.82) is 0 Å². The van der Waals surface area contributed by atoms with Crippen molar-refractivity contribution in [3.8, 4) is 5.75 Å². The van der Waals surface area contributed by atoms with Crippen LogP contribution in [-0.4, -0.2) is 16.5 Å². The topological polar surface area (TPSA) is 112 Å². The maximum atomic E-state index is 12.7. The lowest BCUT2D eigenvalue weighted by atomic mass is 9.68. The van der Waals surface area contributed by atoms with Crippen LogP contribution < -0.4 is 10.4 Å². The molecule has 7 heteroatoms. The van der Waals surface area contributed by atoms with E-state index in [1.165, 1.54) is 6.07 Å². The summed E-state index contributed by atoms with van der Waals surface area (Å²) >= 11 is 0. The quantitative estimate of drug-likeness (QED) is 0.644. The average Bonchev–Trinajstić information content (AvgIpc) is 2.61. The molecule has 1 aliphatic heterocycles. The van der Waals surface area contributed by atoms with E-state index < -0.39 is 16.8 Å². The summed E-state index contributed by atoms with van der Waals surface area (Å²) in [5.41, 5.74) is 1.86. The summed E-state index contributed by atoms with van der Waals surface area (Å²) in [6, 6.07) is 3.54. The molecule has 0 saturated heterocycles. The van der Waals surface area contributed by atoms with E-state index in [4.69, 9.17) is 0 Å². The summed E-state index contributed by atoms with van der Waals surface area (Å²) in [6.45, 7) is 0. The zero-order valence-corrected chi connectivity index (χ0v) is 14.0. The van der Waals surface area contributed by atoms with Gasteiger partial charge in [-0.2, -0.15) is 0 Å². The molecule has 0 bridgehead atoms. The van der Waals surface area contributed by atoms with Crippen molar-refractivity contribution in [1.82, 2.24) is 5.32 Å². The molecule has 1 heterocycles. The Morgan fingerprint density at radius 3 is 2.69 bits per heavy atom. The van der Waals surface area contributed by atoms with Gasteiger partial charge in [0.2, 0.25) is 0 Å². The van der Waals surface area contributed by atoms with E-state index in [-0.39, 0.29) is 28.6 Å². The molecule has 2 aliphatic carbocycles. The molecular formula is C19H17N2O5-. The number of nitro benzene ring substituents is 1. The molecule has 0 saturated carbocycles. The monoisotopic (exact) mass is 353 g/mol. The van der Waals surface area contributed by atoms with Gasteiger partial charge in [-0.1, -0.05) is 12.1 Å². The molecule has 2 unspecified atom stereocenters. The van der Waals surface area contributed by atoms with E-state index in [9.17, 15) is 24.8 Å². The number of ketones is 2. The highest BCUT2D eigenvalue weighted by atomic mass is 16.6. The Balaban J connectivity index is 1.95. The Bertz CT molecular complexity index is 899. The summed E-state index contributed by atoms with van der Waals surface area (Å²) in [6.07, 6.45) is 4.62. The summed E-state index contributed by atoms with van der Waals surface area (Å²) in [4.78, 5) is 35.9. The summed E-state index contributed by atoms with van der Waals surface area (Å²) in [7, 11) is 0. The first-order valence-corrected chi connectivity index (χ1v) is 8.68. The number of allylic oxidation sites excluding steroid dienone is 4. The molecule has 0 fully saturated rings. The second kappa shape index (κ2) is 6.09. The Kier molecular flexibility index (Phi) is 3.86. The van der Waals surface area contributed by atoms with Crippen LogP contribution in [0, 0.1) is 16.0 Å². The second-order valence-electron chi connectivity index (χ2n) is 6.89. The molecule has 1 N–H and O–H groups in total. The van der Waals surface area contributed by atoms with E-state index in [0.717, 1.165) is 17.8 Å². The SMILES string of the molecule is O=C1CCCC2=C1C(c1cc([N+](=O)[O-])ccc1[O-])C1C(=O)CCC=C1N2. The molecule has 0 radical (unpaired) electrons. The van der Waals surface area contributed by atoms with Crippen LogP contribution in [0.4, 0.5) is 5.69 Å². The van der Waals surface area contributed by atoms with Gasteiger partial charge in [-0.25, -0.2) is 0 Å². The molecule has 1 aromatic rings. The lowest BCUT2D eigenvalue weighted by molar-refractivity contribution is -0.385. The Morgan fingerprint density at radius 1 is 1.12 bits per heavy atom. The first-order chi connectivity index (χ1) is 12.5. The zero-order chi connectivity index (χ0) is 18.4. The van der Waals surface area contributed by atoms with Gasteiger partial charge < -0.3 is 10.4 Å². The number of rotatable bonds is 2. The lowest BCUT2D eigenvalue weighted by Crippen LogP contribution is -2.42. The van der Waals surface area contributed by atoms with Crippen LogP contribution in [0.25, 0.3) is 0 Å². The fourth-order valence-corrected chi connectivity index (χ4v) is 4.24. The highest BCUT2D eigenvalue weighted by Crippen LogP contribution is 2.48. The second-order valence-corrected chi connectivity index (χ2v) is 6.89. The lowest BCUT2D eigenvalue weighted by Gasteiger charge is -2.41. The van der Waals surface area contributed by atoms with Crippen molar-refractivity contribution in [2.24, 2.45) is 5.92 Å². The van der Waals surface area contributed by atoms with E-state index in [2.05, 4.69) is 5.32 Å². The maximum Gasteiger partial charge on any atom is 0.269 e. The van der Waals surface area contributed by atoms with Crippen LogP contribution in [-0.2, 0) is 9.59 Å². The van der Waals surface area contributed by atoms with Crippen molar-refractivity contribution in [3.63, 3.8) is 0 Å². The number of nitrogens with one attached hydrogen (secondary N) is 1. The molecule has 26 heavy (non-hydrogen) atoms. The van der Waals surface area contributed by atoms with Crippen LogP contribution in [0.1, 0.15) is 43.6 Å². The molecule has 0 aromatic heterocycles. The summed E-state index contributed by atoms with van der Waals surface area (Å²) < 4.78 is 0. The molecule has 4 rings (SSSR count). The van der Waals surface area contributed by atoms with Gasteiger partial charge in [0.05, 0.1) is 10.8 Å². The number of carbonyl (C=O) groups is 2. The number of Topliss-reactive ketones (excluding diaryl/α,β-unsaturated/α-hetero) is 2. The third-order valence-electron chi connectivity index (χ3n) is 5.37. The Hall–Kier alpha value is -2.96. The first-order valence-electron chi connectivity index (χ1n) is 8.68. The minimum atomic E-state index is -0.745. The third-order valence-corrected chi connectivity index (χ3v) is 5.37. The van der Waals surface area contributed by atoms with Gasteiger partial charge in [-0.05, 0) is 24.8 Å². The van der Waals surface area contributed by atoms with Gasteiger partial charge >= 0.3 is 0 Å². The van der Waals surface area contributed by atoms with Crippen molar-refractivity contribution >= 4 is 17.3 Å². The number of non-ortho nitro benzene ring substituents is 1. The number of benzene rings is 1. The molecule has 0 amide bonds. The molecule has 134 valence electrons. The number of fused-ring (bicyclic) bond motifs is 1. The highest BCUT2D eigenvalue weighted by molar-refractivity contribution is 6.01. The number of carbonyl (C=O) groups excluding carboxylic acids is 2. The average molecular weight is 353 g/mol. The van der Waals surface area contributed by atoms with Gasteiger partial charge in [-0.15, -0.1) is 5.75 Å². The number of hydrogen-bond donors (Lipinski definition) is 1. The summed E-state index contributed by atoms with van der Waals surface area (Å²) in [5.74, 6) is -1.92. The molecule has 0 spiro atoms.